The van der Waals surface area contributed by atoms with Crippen molar-refractivity contribution in [2.75, 3.05) is 20.2 Å². The predicted molar refractivity (Wildman–Crippen MR) is 84.3 cm³/mol. The summed E-state index contributed by atoms with van der Waals surface area (Å²) in [4.78, 5) is 0. The molecule has 0 radical (unpaired) electrons. The number of methoxy groups -OCH3 is 1. The Morgan fingerprint density at radius 1 is 1.15 bits per heavy atom. The van der Waals surface area contributed by atoms with Crippen molar-refractivity contribution < 1.29 is 9.47 Å². The molecule has 2 unspecified atom stereocenters. The molecule has 1 aromatic carbocycles. The molecule has 0 heterocycles. The summed E-state index contributed by atoms with van der Waals surface area (Å²) in [6.45, 7) is 10.4. The summed E-state index contributed by atoms with van der Waals surface area (Å²) >= 11 is 0. The molecule has 0 spiro atoms. The molecule has 1 aromatic rings. The monoisotopic (exact) mass is 279 g/mol. The van der Waals surface area contributed by atoms with E-state index in [0.717, 1.165) is 30.8 Å². The molecule has 3 heteroatoms. The van der Waals surface area contributed by atoms with Gasteiger partial charge in [-0.25, -0.2) is 0 Å². The van der Waals surface area contributed by atoms with E-state index in [1.54, 1.807) is 7.11 Å². The van der Waals surface area contributed by atoms with E-state index in [1.807, 2.05) is 18.2 Å². The summed E-state index contributed by atoms with van der Waals surface area (Å²) in [7, 11) is 1.71. The van der Waals surface area contributed by atoms with Crippen LogP contribution in [0, 0.1) is 5.92 Å². The maximum atomic E-state index is 6.25. The van der Waals surface area contributed by atoms with Gasteiger partial charge in [0, 0.05) is 12.1 Å². The smallest absolute Gasteiger partial charge is 0.124 e. The zero-order chi connectivity index (χ0) is 15.0. The van der Waals surface area contributed by atoms with Crippen LogP contribution in [-0.4, -0.2) is 26.3 Å². The average molecular weight is 279 g/mol. The molecular weight excluding hydrogens is 250 g/mol. The van der Waals surface area contributed by atoms with Crippen molar-refractivity contribution in [3.63, 3.8) is 0 Å². The van der Waals surface area contributed by atoms with Crippen molar-refractivity contribution in [3.05, 3.63) is 29.8 Å². The molecule has 0 fully saturated rings. The molecule has 1 rings (SSSR count). The van der Waals surface area contributed by atoms with Gasteiger partial charge in [-0.15, -0.1) is 0 Å². The van der Waals surface area contributed by atoms with Gasteiger partial charge in [0.1, 0.15) is 5.75 Å². The van der Waals surface area contributed by atoms with E-state index in [-0.39, 0.29) is 12.2 Å². The minimum absolute atomic E-state index is 0.0276. The number of rotatable bonds is 9. The largest absolute Gasteiger partial charge is 0.496 e. The second-order valence-electron chi connectivity index (χ2n) is 5.61. The van der Waals surface area contributed by atoms with Gasteiger partial charge in [0.2, 0.25) is 0 Å². The van der Waals surface area contributed by atoms with Gasteiger partial charge in [0.15, 0.2) is 0 Å². The van der Waals surface area contributed by atoms with Gasteiger partial charge in [-0.05, 0) is 31.9 Å². The van der Waals surface area contributed by atoms with Gasteiger partial charge in [-0.2, -0.15) is 0 Å². The van der Waals surface area contributed by atoms with Gasteiger partial charge < -0.3 is 14.8 Å². The van der Waals surface area contributed by atoms with Crippen molar-refractivity contribution in [2.45, 2.75) is 46.3 Å². The fourth-order valence-corrected chi connectivity index (χ4v) is 2.44. The molecule has 0 bridgehead atoms. The number of ether oxygens (including phenoxy) is 2. The number of hydrogen-bond acceptors (Lipinski definition) is 3. The molecule has 0 aromatic heterocycles. The molecule has 0 saturated heterocycles. The summed E-state index contributed by atoms with van der Waals surface area (Å²) in [5.74, 6) is 1.54. The minimum Gasteiger partial charge on any atom is -0.496 e. The van der Waals surface area contributed by atoms with Gasteiger partial charge in [-0.3, -0.25) is 0 Å². The first-order valence-electron chi connectivity index (χ1n) is 7.57. The van der Waals surface area contributed by atoms with Crippen LogP contribution in [0.5, 0.6) is 5.75 Å². The lowest BCUT2D eigenvalue weighted by molar-refractivity contribution is -0.0134. The van der Waals surface area contributed by atoms with E-state index in [2.05, 4.69) is 39.1 Å². The molecule has 0 aliphatic rings. The Morgan fingerprint density at radius 2 is 1.85 bits per heavy atom. The van der Waals surface area contributed by atoms with Crippen LogP contribution in [-0.2, 0) is 4.74 Å². The van der Waals surface area contributed by atoms with Crippen LogP contribution in [0.3, 0.4) is 0 Å². The first kappa shape index (κ1) is 17.0. The van der Waals surface area contributed by atoms with Crippen molar-refractivity contribution in [3.8, 4) is 5.75 Å². The van der Waals surface area contributed by atoms with Gasteiger partial charge in [0.25, 0.3) is 0 Å². The molecule has 1 N–H and O–H groups in total. The van der Waals surface area contributed by atoms with E-state index >= 15 is 0 Å². The number of hydrogen-bond donors (Lipinski definition) is 1. The topological polar surface area (TPSA) is 30.5 Å². The normalized spacial score (nSPS) is 14.3. The highest BCUT2D eigenvalue weighted by Crippen LogP contribution is 2.29. The van der Waals surface area contributed by atoms with Crippen LogP contribution >= 0.6 is 0 Å². The van der Waals surface area contributed by atoms with Crippen LogP contribution in [0.2, 0.25) is 0 Å². The fourth-order valence-electron chi connectivity index (χ4n) is 2.44. The van der Waals surface area contributed by atoms with Crippen molar-refractivity contribution in [2.24, 2.45) is 5.92 Å². The zero-order valence-electron chi connectivity index (χ0n) is 13.5. The zero-order valence-corrected chi connectivity index (χ0v) is 13.5. The summed E-state index contributed by atoms with van der Waals surface area (Å²) in [6.07, 6.45) is 1.33. The summed E-state index contributed by atoms with van der Waals surface area (Å²) < 4.78 is 11.7. The molecule has 20 heavy (non-hydrogen) atoms. The number of nitrogens with one attached hydrogen (secondary N) is 1. The Balaban J connectivity index is 2.82. The standard InChI is InChI=1S/C17H29NO2/c1-6-18-12-17(20-14(4)11-13(2)3)15-9-7-8-10-16(15)19-5/h7-10,13-14,17-18H,6,11-12H2,1-5H3. The summed E-state index contributed by atoms with van der Waals surface area (Å²) in [6, 6.07) is 8.10. The number of para-hydroxylation sites is 1. The lowest BCUT2D eigenvalue weighted by atomic mass is 10.0. The van der Waals surface area contributed by atoms with Crippen LogP contribution in [0.1, 0.15) is 45.8 Å². The molecule has 114 valence electrons. The number of benzene rings is 1. The molecule has 0 saturated carbocycles. The lowest BCUT2D eigenvalue weighted by Crippen LogP contribution is -2.26. The third kappa shape index (κ3) is 5.51. The molecule has 2 atom stereocenters. The molecule has 0 aliphatic heterocycles. The highest BCUT2D eigenvalue weighted by atomic mass is 16.5. The van der Waals surface area contributed by atoms with E-state index < -0.39 is 0 Å². The van der Waals surface area contributed by atoms with Crippen molar-refractivity contribution in [1.82, 2.24) is 5.32 Å². The van der Waals surface area contributed by atoms with Gasteiger partial charge in [0.05, 0.1) is 19.3 Å². The van der Waals surface area contributed by atoms with E-state index in [1.165, 1.54) is 0 Å². The Labute approximate surface area is 123 Å². The Morgan fingerprint density at radius 3 is 2.45 bits per heavy atom. The Kier molecular flexibility index (Phi) is 7.63. The predicted octanol–water partition coefficient (Wildman–Crippen LogP) is 3.80. The Hall–Kier alpha value is -1.06. The minimum atomic E-state index is 0.0276. The first-order chi connectivity index (χ1) is 9.58. The van der Waals surface area contributed by atoms with E-state index in [9.17, 15) is 0 Å². The third-order valence-electron chi connectivity index (χ3n) is 3.27. The SMILES string of the molecule is CCNCC(OC(C)CC(C)C)c1ccccc1OC. The molecule has 0 aliphatic carbocycles. The van der Waals surface area contributed by atoms with Gasteiger partial charge in [-0.1, -0.05) is 39.0 Å². The average Bonchev–Trinajstić information content (AvgIpc) is 2.42. The molecule has 0 amide bonds. The Bertz CT molecular complexity index is 379. The highest BCUT2D eigenvalue weighted by Gasteiger charge is 2.19. The van der Waals surface area contributed by atoms with Crippen molar-refractivity contribution >= 4 is 0 Å². The van der Waals surface area contributed by atoms with Crippen LogP contribution in [0.4, 0.5) is 0 Å². The lowest BCUT2D eigenvalue weighted by Gasteiger charge is -2.25. The third-order valence-corrected chi connectivity index (χ3v) is 3.27. The first-order valence-corrected chi connectivity index (χ1v) is 7.57. The fraction of sp³-hybridized carbons (Fsp3) is 0.647. The summed E-state index contributed by atoms with van der Waals surface area (Å²) in [5, 5.41) is 3.38. The van der Waals surface area contributed by atoms with E-state index in [4.69, 9.17) is 9.47 Å². The maximum Gasteiger partial charge on any atom is 0.124 e. The van der Waals surface area contributed by atoms with Crippen molar-refractivity contribution in [1.29, 1.82) is 0 Å². The summed E-state index contributed by atoms with van der Waals surface area (Å²) in [5.41, 5.74) is 1.12. The van der Waals surface area contributed by atoms with Gasteiger partial charge >= 0.3 is 0 Å². The van der Waals surface area contributed by atoms with Crippen LogP contribution in [0.15, 0.2) is 24.3 Å². The number of likely N-dealkylation sites (N-methyl/N-ethyl adjacent to an activating group) is 1. The quantitative estimate of drug-likeness (QED) is 0.746. The molecular formula is C17H29NO2. The van der Waals surface area contributed by atoms with E-state index in [0.29, 0.717) is 5.92 Å². The second-order valence-corrected chi connectivity index (χ2v) is 5.61. The second kappa shape index (κ2) is 8.98. The molecule has 3 nitrogen and oxygen atoms in total. The van der Waals surface area contributed by atoms with Crippen LogP contribution < -0.4 is 10.1 Å². The maximum absolute atomic E-state index is 6.25. The highest BCUT2D eigenvalue weighted by molar-refractivity contribution is 5.35. The van der Waals surface area contributed by atoms with Crippen LogP contribution in [0.25, 0.3) is 0 Å².